The van der Waals surface area contributed by atoms with Gasteiger partial charge in [0.15, 0.2) is 0 Å². The van der Waals surface area contributed by atoms with Crippen LogP contribution in [0.3, 0.4) is 0 Å². The zero-order valence-corrected chi connectivity index (χ0v) is 12.2. The molecule has 1 atom stereocenters. The van der Waals surface area contributed by atoms with Crippen LogP contribution >= 0.6 is 11.3 Å². The molecule has 0 fully saturated rings. The number of aliphatic carboxylic acids is 1. The number of amides is 1. The molecule has 1 aromatic heterocycles. The number of hydrogen-bond acceptors (Lipinski definition) is 4. The predicted molar refractivity (Wildman–Crippen MR) is 80.1 cm³/mol. The number of carboxylic acid groups (broad SMARTS) is 1. The number of thiazole rings is 1. The molecule has 0 radical (unpaired) electrons. The maximum absolute atomic E-state index is 11.8. The van der Waals surface area contributed by atoms with Crippen molar-refractivity contribution < 1.29 is 14.7 Å². The Bertz CT molecular complexity index is 584. The lowest BCUT2D eigenvalue weighted by atomic mass is 10.1. The second kappa shape index (κ2) is 7.54. The molecule has 0 aliphatic heterocycles. The summed E-state index contributed by atoms with van der Waals surface area (Å²) in [6.45, 7) is 0. The third kappa shape index (κ3) is 5.00. The molecule has 0 aliphatic rings. The summed E-state index contributed by atoms with van der Waals surface area (Å²) in [4.78, 5) is 27.2. The van der Waals surface area contributed by atoms with Crippen molar-refractivity contribution in [2.45, 2.75) is 25.3 Å². The highest BCUT2D eigenvalue weighted by Crippen LogP contribution is 2.06. The first-order chi connectivity index (χ1) is 10.1. The average molecular weight is 304 g/mol. The highest BCUT2D eigenvalue weighted by molar-refractivity contribution is 7.07. The van der Waals surface area contributed by atoms with Crippen LogP contribution in [0.2, 0.25) is 0 Å². The molecule has 6 heteroatoms. The van der Waals surface area contributed by atoms with Gasteiger partial charge in [0.25, 0.3) is 0 Å². The molecule has 21 heavy (non-hydrogen) atoms. The van der Waals surface area contributed by atoms with Gasteiger partial charge in [-0.1, -0.05) is 30.3 Å². The van der Waals surface area contributed by atoms with E-state index < -0.39 is 12.0 Å². The van der Waals surface area contributed by atoms with Crippen LogP contribution in [0, 0.1) is 0 Å². The largest absolute Gasteiger partial charge is 0.480 e. The highest BCUT2D eigenvalue weighted by atomic mass is 32.1. The smallest absolute Gasteiger partial charge is 0.326 e. The third-order valence-corrected chi connectivity index (χ3v) is 3.64. The molecule has 1 amide bonds. The van der Waals surface area contributed by atoms with Crippen molar-refractivity contribution in [1.82, 2.24) is 10.3 Å². The average Bonchev–Trinajstić information content (AvgIpc) is 2.99. The van der Waals surface area contributed by atoms with Gasteiger partial charge in [-0.25, -0.2) is 9.78 Å². The minimum absolute atomic E-state index is 0.238. The zero-order valence-electron chi connectivity index (χ0n) is 11.4. The fourth-order valence-electron chi connectivity index (χ4n) is 1.92. The molecule has 0 aliphatic carbocycles. The quantitative estimate of drug-likeness (QED) is 0.818. The van der Waals surface area contributed by atoms with Gasteiger partial charge in [-0.3, -0.25) is 4.79 Å². The monoisotopic (exact) mass is 304 g/mol. The molecule has 1 unspecified atom stereocenters. The second-order valence-electron chi connectivity index (χ2n) is 4.63. The van der Waals surface area contributed by atoms with Crippen LogP contribution in [-0.4, -0.2) is 28.0 Å². The molecule has 0 bridgehead atoms. The Morgan fingerprint density at radius 2 is 2.05 bits per heavy atom. The van der Waals surface area contributed by atoms with E-state index in [0.29, 0.717) is 6.42 Å². The molecule has 5 nitrogen and oxygen atoms in total. The van der Waals surface area contributed by atoms with E-state index in [9.17, 15) is 14.7 Å². The van der Waals surface area contributed by atoms with Crippen LogP contribution in [0.4, 0.5) is 0 Å². The predicted octanol–water partition coefficient (Wildman–Crippen LogP) is 1.89. The van der Waals surface area contributed by atoms with Gasteiger partial charge in [0.1, 0.15) is 6.04 Å². The van der Waals surface area contributed by atoms with E-state index in [4.69, 9.17) is 0 Å². The Labute approximate surface area is 126 Å². The van der Waals surface area contributed by atoms with Crippen molar-refractivity contribution in [3.8, 4) is 0 Å². The van der Waals surface area contributed by atoms with Crippen molar-refractivity contribution in [1.29, 1.82) is 0 Å². The number of carbonyl (C=O) groups excluding carboxylic acids is 1. The topological polar surface area (TPSA) is 79.3 Å². The van der Waals surface area contributed by atoms with Gasteiger partial charge in [0.2, 0.25) is 5.91 Å². The fraction of sp³-hybridized carbons (Fsp3) is 0.267. The molecule has 2 N–H and O–H groups in total. The molecular weight excluding hydrogens is 288 g/mol. The number of benzene rings is 1. The molecule has 1 aromatic carbocycles. The van der Waals surface area contributed by atoms with Gasteiger partial charge in [0.05, 0.1) is 11.2 Å². The van der Waals surface area contributed by atoms with Gasteiger partial charge < -0.3 is 10.4 Å². The number of aromatic nitrogens is 1. The number of carboxylic acids is 1. The Kier molecular flexibility index (Phi) is 5.45. The van der Waals surface area contributed by atoms with E-state index in [-0.39, 0.29) is 18.7 Å². The summed E-state index contributed by atoms with van der Waals surface area (Å²) in [6, 6.07) is 8.34. The lowest BCUT2D eigenvalue weighted by Gasteiger charge is -2.14. The molecule has 0 saturated carbocycles. The second-order valence-corrected chi connectivity index (χ2v) is 5.35. The first-order valence-electron chi connectivity index (χ1n) is 6.58. The van der Waals surface area contributed by atoms with Gasteiger partial charge in [0, 0.05) is 18.2 Å². The molecule has 1 heterocycles. The van der Waals surface area contributed by atoms with E-state index in [1.54, 1.807) is 5.51 Å². The molecule has 110 valence electrons. The van der Waals surface area contributed by atoms with E-state index in [2.05, 4.69) is 10.3 Å². The van der Waals surface area contributed by atoms with E-state index in [0.717, 1.165) is 11.3 Å². The van der Waals surface area contributed by atoms with Crippen LogP contribution in [0.15, 0.2) is 41.2 Å². The first kappa shape index (κ1) is 15.2. The van der Waals surface area contributed by atoms with Crippen molar-refractivity contribution >= 4 is 23.2 Å². The van der Waals surface area contributed by atoms with E-state index in [1.165, 1.54) is 11.3 Å². The minimum atomic E-state index is -1.03. The van der Waals surface area contributed by atoms with Crippen molar-refractivity contribution in [2.75, 3.05) is 0 Å². The van der Waals surface area contributed by atoms with E-state index >= 15 is 0 Å². The van der Waals surface area contributed by atoms with Crippen molar-refractivity contribution in [3.63, 3.8) is 0 Å². The normalized spacial score (nSPS) is 11.8. The lowest BCUT2D eigenvalue weighted by molar-refractivity contribution is -0.141. The van der Waals surface area contributed by atoms with Crippen LogP contribution < -0.4 is 5.32 Å². The van der Waals surface area contributed by atoms with Crippen LogP contribution in [0.5, 0.6) is 0 Å². The number of nitrogens with one attached hydrogen (secondary N) is 1. The number of aryl methyl sites for hydroxylation is 1. The fourth-order valence-corrected chi connectivity index (χ4v) is 2.51. The zero-order chi connectivity index (χ0) is 15.1. The summed E-state index contributed by atoms with van der Waals surface area (Å²) in [6.07, 6.45) is 1.04. The van der Waals surface area contributed by atoms with Gasteiger partial charge >= 0.3 is 5.97 Å². The van der Waals surface area contributed by atoms with Crippen LogP contribution in [0.1, 0.15) is 17.7 Å². The van der Waals surface area contributed by atoms with Crippen LogP contribution in [-0.2, 0) is 22.4 Å². The molecule has 2 aromatic rings. The third-order valence-electron chi connectivity index (χ3n) is 3.01. The number of carbonyl (C=O) groups is 2. The molecule has 0 spiro atoms. The summed E-state index contributed by atoms with van der Waals surface area (Å²) >= 11 is 1.47. The maximum atomic E-state index is 11.8. The number of rotatable bonds is 7. The highest BCUT2D eigenvalue weighted by Gasteiger charge is 2.20. The van der Waals surface area contributed by atoms with Crippen molar-refractivity contribution in [2.24, 2.45) is 0 Å². The summed E-state index contributed by atoms with van der Waals surface area (Å²) in [7, 11) is 0. The standard InChI is InChI=1S/C15H16N2O3S/c18-14(7-6-12-9-21-10-16-12)17-13(15(19)20)8-11-4-2-1-3-5-11/h1-5,9-10,13H,6-8H2,(H,17,18)(H,19,20). The Morgan fingerprint density at radius 3 is 2.67 bits per heavy atom. The SMILES string of the molecule is O=C(CCc1cscn1)NC(Cc1ccccc1)C(=O)O. The summed E-state index contributed by atoms with van der Waals surface area (Å²) in [5.41, 5.74) is 3.44. The molecule has 0 saturated heterocycles. The maximum Gasteiger partial charge on any atom is 0.326 e. The Hall–Kier alpha value is -2.21. The summed E-state index contributed by atoms with van der Waals surface area (Å²) in [5, 5.41) is 13.7. The van der Waals surface area contributed by atoms with Crippen molar-refractivity contribution in [3.05, 3.63) is 52.5 Å². The first-order valence-corrected chi connectivity index (χ1v) is 7.52. The van der Waals surface area contributed by atoms with Crippen LogP contribution in [0.25, 0.3) is 0 Å². The molecular formula is C15H16N2O3S. The minimum Gasteiger partial charge on any atom is -0.480 e. The van der Waals surface area contributed by atoms with Gasteiger partial charge in [-0.05, 0) is 12.0 Å². The Balaban J connectivity index is 1.87. The molecule has 2 rings (SSSR count). The number of hydrogen-bond donors (Lipinski definition) is 2. The number of nitrogens with zero attached hydrogens (tertiary/aromatic N) is 1. The van der Waals surface area contributed by atoms with E-state index in [1.807, 2.05) is 35.7 Å². The van der Waals surface area contributed by atoms with Gasteiger partial charge in [-0.2, -0.15) is 0 Å². The lowest BCUT2D eigenvalue weighted by Crippen LogP contribution is -2.42. The summed E-state index contributed by atoms with van der Waals surface area (Å²) in [5.74, 6) is -1.30. The van der Waals surface area contributed by atoms with Gasteiger partial charge in [-0.15, -0.1) is 11.3 Å². The Morgan fingerprint density at radius 1 is 1.29 bits per heavy atom. The summed E-state index contributed by atoms with van der Waals surface area (Å²) < 4.78 is 0.